The molecule has 1 heterocycles. The molecule has 0 aliphatic carbocycles. The van der Waals surface area contributed by atoms with Gasteiger partial charge in [0.2, 0.25) is 0 Å². The van der Waals surface area contributed by atoms with Crippen molar-refractivity contribution in [2.24, 2.45) is 0 Å². The van der Waals surface area contributed by atoms with Gasteiger partial charge in [-0.1, -0.05) is 51.3 Å². The van der Waals surface area contributed by atoms with Crippen molar-refractivity contribution in [3.05, 3.63) is 68.8 Å². The van der Waals surface area contributed by atoms with Gasteiger partial charge in [-0.05, 0) is 36.4 Å². The first-order valence-electron chi connectivity index (χ1n) is 6.54. The second-order valence-corrected chi connectivity index (χ2v) is 6.42. The van der Waals surface area contributed by atoms with Crippen molar-refractivity contribution in [2.75, 3.05) is 10.2 Å². The van der Waals surface area contributed by atoms with Gasteiger partial charge < -0.3 is 5.32 Å². The molecule has 1 aliphatic rings. The molecule has 3 rings (SSSR count). The van der Waals surface area contributed by atoms with Gasteiger partial charge in [0, 0.05) is 10.2 Å². The molecule has 1 N–H and O–H groups in total. The van der Waals surface area contributed by atoms with Gasteiger partial charge in [0.05, 0.1) is 10.7 Å². The molecule has 2 aromatic carbocycles. The molecule has 0 bridgehead atoms. The van der Waals surface area contributed by atoms with E-state index in [1.54, 1.807) is 36.4 Å². The fraction of sp³-hybridized carbons (Fsp3) is 0. The van der Waals surface area contributed by atoms with E-state index in [9.17, 15) is 9.59 Å². The van der Waals surface area contributed by atoms with Crippen LogP contribution in [0.25, 0.3) is 0 Å². The molecule has 2 amide bonds. The molecular weight excluding hydrogens is 403 g/mol. The van der Waals surface area contributed by atoms with Crippen LogP contribution in [0.2, 0.25) is 5.02 Å². The molecule has 0 fully saturated rings. The largest absolute Gasteiger partial charge is 0.350 e. The van der Waals surface area contributed by atoms with Gasteiger partial charge in [0.1, 0.15) is 10.7 Å². The number of imide groups is 1. The van der Waals surface area contributed by atoms with Crippen molar-refractivity contribution >= 4 is 62.3 Å². The van der Waals surface area contributed by atoms with E-state index >= 15 is 0 Å². The van der Waals surface area contributed by atoms with E-state index in [-0.39, 0.29) is 10.7 Å². The van der Waals surface area contributed by atoms with Crippen molar-refractivity contribution in [1.82, 2.24) is 0 Å². The van der Waals surface area contributed by atoms with Crippen LogP contribution in [0, 0.1) is 0 Å². The number of halogens is 3. The zero-order chi connectivity index (χ0) is 16.6. The number of carbonyl (C=O) groups excluding carboxylic acids is 2. The Kier molecular flexibility index (Phi) is 4.43. The minimum absolute atomic E-state index is 0.0268. The van der Waals surface area contributed by atoms with Gasteiger partial charge in [-0.25, -0.2) is 4.90 Å². The van der Waals surface area contributed by atoms with Crippen LogP contribution in [0.4, 0.5) is 11.4 Å². The third-order valence-corrected chi connectivity index (χ3v) is 4.43. The zero-order valence-electron chi connectivity index (χ0n) is 11.5. The molecule has 0 saturated carbocycles. The number of nitrogens with one attached hydrogen (secondary N) is 1. The maximum Gasteiger partial charge on any atom is 0.283 e. The van der Waals surface area contributed by atoms with Crippen LogP contribution in [-0.4, -0.2) is 11.8 Å². The van der Waals surface area contributed by atoms with Crippen LogP contribution in [0.3, 0.4) is 0 Å². The van der Waals surface area contributed by atoms with Gasteiger partial charge in [0.15, 0.2) is 0 Å². The molecule has 4 nitrogen and oxygen atoms in total. The van der Waals surface area contributed by atoms with Gasteiger partial charge in [0.25, 0.3) is 11.8 Å². The first-order valence-corrected chi connectivity index (χ1v) is 8.09. The number of nitrogens with zero attached hydrogens (tertiary/aromatic N) is 1. The van der Waals surface area contributed by atoms with Crippen LogP contribution in [0.5, 0.6) is 0 Å². The van der Waals surface area contributed by atoms with Gasteiger partial charge in [-0.15, -0.1) is 0 Å². The highest BCUT2D eigenvalue weighted by Gasteiger charge is 2.39. The molecule has 0 radical (unpaired) electrons. The highest BCUT2D eigenvalue weighted by molar-refractivity contribution is 9.10. The lowest BCUT2D eigenvalue weighted by Crippen LogP contribution is -2.32. The number of amides is 2. The monoisotopic (exact) mass is 410 g/mol. The number of para-hydroxylation sites is 1. The average molecular weight is 412 g/mol. The topological polar surface area (TPSA) is 49.4 Å². The summed E-state index contributed by atoms with van der Waals surface area (Å²) in [5, 5.41) is 3.02. The Bertz CT molecular complexity index is 834. The van der Waals surface area contributed by atoms with Gasteiger partial charge >= 0.3 is 0 Å². The Hall–Kier alpha value is -1.82. The number of hydrogen-bond donors (Lipinski definition) is 1. The molecule has 0 unspecified atom stereocenters. The van der Waals surface area contributed by atoms with Crippen LogP contribution in [0.1, 0.15) is 0 Å². The first kappa shape index (κ1) is 16.1. The van der Waals surface area contributed by atoms with E-state index in [1.807, 2.05) is 12.1 Å². The summed E-state index contributed by atoms with van der Waals surface area (Å²) in [6.45, 7) is 0. The summed E-state index contributed by atoms with van der Waals surface area (Å²) in [6, 6.07) is 13.7. The molecule has 0 saturated heterocycles. The standard InChI is InChI=1S/C16H9BrCl2N2O2/c17-9-5-7-10(8-6-9)20-14-13(19)15(22)21(16(14)23)12-4-2-1-3-11(12)18/h1-8,20H. The quantitative estimate of drug-likeness (QED) is 0.754. The van der Waals surface area contributed by atoms with Crippen molar-refractivity contribution in [2.45, 2.75) is 0 Å². The maximum atomic E-state index is 12.6. The molecular formula is C16H9BrCl2N2O2. The fourth-order valence-electron chi connectivity index (χ4n) is 2.14. The number of benzene rings is 2. The Morgan fingerprint density at radius 3 is 2.22 bits per heavy atom. The smallest absolute Gasteiger partial charge is 0.283 e. The molecule has 116 valence electrons. The molecule has 0 spiro atoms. The number of rotatable bonds is 3. The van der Waals surface area contributed by atoms with E-state index in [0.717, 1.165) is 9.37 Å². The van der Waals surface area contributed by atoms with Crippen LogP contribution >= 0.6 is 39.1 Å². The fourth-order valence-corrected chi connectivity index (χ4v) is 2.84. The van der Waals surface area contributed by atoms with Crippen molar-refractivity contribution in [3.8, 4) is 0 Å². The molecule has 2 aromatic rings. The minimum Gasteiger partial charge on any atom is -0.350 e. The highest BCUT2D eigenvalue weighted by atomic mass is 79.9. The summed E-state index contributed by atoms with van der Waals surface area (Å²) >= 11 is 15.5. The Morgan fingerprint density at radius 1 is 0.913 bits per heavy atom. The average Bonchev–Trinajstić information content (AvgIpc) is 2.74. The van der Waals surface area contributed by atoms with Crippen LogP contribution < -0.4 is 10.2 Å². The Labute approximate surface area is 150 Å². The maximum absolute atomic E-state index is 12.6. The van der Waals surface area contributed by atoms with E-state index in [2.05, 4.69) is 21.2 Å². The van der Waals surface area contributed by atoms with Gasteiger partial charge in [-0.3, -0.25) is 9.59 Å². The SMILES string of the molecule is O=C1C(Cl)=C(Nc2ccc(Br)cc2)C(=O)N1c1ccccc1Cl. The van der Waals surface area contributed by atoms with Crippen molar-refractivity contribution in [1.29, 1.82) is 0 Å². The number of hydrogen-bond acceptors (Lipinski definition) is 3. The summed E-state index contributed by atoms with van der Waals surface area (Å²) < 4.78 is 0.898. The predicted octanol–water partition coefficient (Wildman–Crippen LogP) is 4.54. The third-order valence-electron chi connectivity index (χ3n) is 3.23. The first-order chi connectivity index (χ1) is 11.0. The lowest BCUT2D eigenvalue weighted by atomic mass is 10.3. The summed E-state index contributed by atoms with van der Waals surface area (Å²) in [5.74, 6) is -1.15. The predicted molar refractivity (Wildman–Crippen MR) is 94.6 cm³/mol. The Morgan fingerprint density at radius 2 is 1.57 bits per heavy atom. The number of anilines is 2. The Balaban J connectivity index is 1.93. The summed E-state index contributed by atoms with van der Waals surface area (Å²) in [5.41, 5.74) is 0.970. The van der Waals surface area contributed by atoms with E-state index in [1.165, 1.54) is 0 Å². The van der Waals surface area contributed by atoms with Gasteiger partial charge in [-0.2, -0.15) is 0 Å². The third kappa shape index (κ3) is 3.00. The highest BCUT2D eigenvalue weighted by Crippen LogP contribution is 2.34. The van der Waals surface area contributed by atoms with Crippen molar-refractivity contribution < 1.29 is 9.59 Å². The minimum atomic E-state index is -0.607. The summed E-state index contributed by atoms with van der Waals surface area (Å²) in [7, 11) is 0. The van der Waals surface area contributed by atoms with Crippen molar-refractivity contribution in [3.63, 3.8) is 0 Å². The second-order valence-electron chi connectivity index (χ2n) is 4.72. The molecule has 0 atom stereocenters. The lowest BCUT2D eigenvalue weighted by molar-refractivity contribution is -0.120. The van der Waals surface area contributed by atoms with Crippen LogP contribution in [-0.2, 0) is 9.59 Å². The normalized spacial score (nSPS) is 14.7. The van der Waals surface area contributed by atoms with Crippen LogP contribution in [0.15, 0.2) is 63.7 Å². The lowest BCUT2D eigenvalue weighted by Gasteiger charge is -2.16. The van der Waals surface area contributed by atoms with E-state index in [0.29, 0.717) is 16.4 Å². The summed E-state index contributed by atoms with van der Waals surface area (Å²) in [4.78, 5) is 25.9. The second kappa shape index (κ2) is 6.35. The molecule has 23 heavy (non-hydrogen) atoms. The summed E-state index contributed by atoms with van der Waals surface area (Å²) in [6.07, 6.45) is 0. The van der Waals surface area contributed by atoms with E-state index < -0.39 is 11.8 Å². The zero-order valence-corrected chi connectivity index (χ0v) is 14.6. The number of carbonyl (C=O) groups is 2. The molecule has 7 heteroatoms. The molecule has 0 aromatic heterocycles. The molecule has 1 aliphatic heterocycles. The van der Waals surface area contributed by atoms with E-state index in [4.69, 9.17) is 23.2 Å².